The van der Waals surface area contributed by atoms with E-state index in [0.29, 0.717) is 17.9 Å². The number of hydrogen-bond acceptors (Lipinski definition) is 5. The van der Waals surface area contributed by atoms with Crippen LogP contribution in [0, 0.1) is 0 Å². The lowest BCUT2D eigenvalue weighted by Crippen LogP contribution is -2.41. The third-order valence-electron chi connectivity index (χ3n) is 4.94. The molecule has 6 nitrogen and oxygen atoms in total. The number of halogens is 2. The van der Waals surface area contributed by atoms with E-state index in [4.69, 9.17) is 14.0 Å². The normalized spacial score (nSPS) is 20.0. The molecule has 0 radical (unpaired) electrons. The third-order valence-corrected chi connectivity index (χ3v) is 4.94. The van der Waals surface area contributed by atoms with Crippen molar-refractivity contribution in [1.82, 2.24) is 15.1 Å². The van der Waals surface area contributed by atoms with Crippen LogP contribution in [0.2, 0.25) is 0 Å². The maximum Gasteiger partial charge on any atom is 0.502 e. The lowest BCUT2D eigenvalue weighted by Gasteiger charge is -2.32. The number of nitrogens with zero attached hydrogens (tertiary/aromatic N) is 2. The summed E-state index contributed by atoms with van der Waals surface area (Å²) >= 11 is 0. The lowest BCUT2D eigenvalue weighted by molar-refractivity contribution is 0.00578. The van der Waals surface area contributed by atoms with E-state index in [0.717, 1.165) is 6.54 Å². The molecule has 148 valence electrons. The Hall–Kier alpha value is -1.19. The van der Waals surface area contributed by atoms with Gasteiger partial charge in [0.2, 0.25) is 12.3 Å². The van der Waals surface area contributed by atoms with Gasteiger partial charge in [-0.3, -0.25) is 0 Å². The van der Waals surface area contributed by atoms with E-state index in [9.17, 15) is 8.78 Å². The summed E-state index contributed by atoms with van der Waals surface area (Å²) in [6.07, 6.45) is -3.15. The highest BCUT2D eigenvalue weighted by atomic mass is 19.3. The summed E-state index contributed by atoms with van der Waals surface area (Å²) in [4.78, 5) is 0. The zero-order valence-electron chi connectivity index (χ0n) is 16.7. The summed E-state index contributed by atoms with van der Waals surface area (Å²) in [5.41, 5.74) is -0.466. The van der Waals surface area contributed by atoms with Gasteiger partial charge in [0.15, 0.2) is 0 Å². The fraction of sp³-hybridized carbons (Fsp3) is 0.824. The first kappa shape index (κ1) is 21.1. The minimum Gasteiger partial charge on any atom is -0.474 e. The fourth-order valence-corrected chi connectivity index (χ4v) is 2.79. The second-order valence-electron chi connectivity index (χ2n) is 7.71. The Bertz CT molecular complexity index is 607. The summed E-state index contributed by atoms with van der Waals surface area (Å²) in [5.74, 6) is 0.407. The molecule has 0 bridgehead atoms. The van der Waals surface area contributed by atoms with Gasteiger partial charge < -0.3 is 19.4 Å². The van der Waals surface area contributed by atoms with E-state index in [1.807, 2.05) is 41.5 Å². The quantitative estimate of drug-likeness (QED) is 0.706. The van der Waals surface area contributed by atoms with Crippen LogP contribution in [0.3, 0.4) is 0 Å². The molecule has 0 unspecified atom stereocenters. The minimum atomic E-state index is -2.52. The summed E-state index contributed by atoms with van der Waals surface area (Å²) in [7, 11) is 0.878. The van der Waals surface area contributed by atoms with E-state index in [1.54, 1.807) is 7.05 Å². The Morgan fingerprint density at radius 1 is 1.23 bits per heavy atom. The van der Waals surface area contributed by atoms with Crippen molar-refractivity contribution in [3.05, 3.63) is 5.69 Å². The van der Waals surface area contributed by atoms with Crippen LogP contribution in [0.15, 0.2) is 0 Å². The van der Waals surface area contributed by atoms with E-state index in [-0.39, 0.29) is 11.8 Å². The van der Waals surface area contributed by atoms with Gasteiger partial charge in [0.25, 0.3) is 0 Å². The zero-order valence-corrected chi connectivity index (χ0v) is 16.7. The Labute approximate surface area is 154 Å². The van der Waals surface area contributed by atoms with Gasteiger partial charge in [-0.25, -0.2) is 13.5 Å². The van der Waals surface area contributed by atoms with Crippen molar-refractivity contribution in [2.75, 3.05) is 13.1 Å². The number of ether oxygens (including phenoxy) is 1. The van der Waals surface area contributed by atoms with Gasteiger partial charge in [-0.15, -0.1) is 0 Å². The van der Waals surface area contributed by atoms with Crippen molar-refractivity contribution < 1.29 is 22.8 Å². The van der Waals surface area contributed by atoms with Gasteiger partial charge in [0.1, 0.15) is 6.10 Å². The van der Waals surface area contributed by atoms with Crippen LogP contribution >= 0.6 is 0 Å². The SMILES string of the molecule is CCNC[C@H](C)Oc1c(B2OC(C)(C)C(C)(C)O2)c(CC(F)F)nn1C. The van der Waals surface area contributed by atoms with Gasteiger partial charge in [-0.1, -0.05) is 6.92 Å². The Morgan fingerprint density at radius 2 is 1.81 bits per heavy atom. The van der Waals surface area contributed by atoms with Crippen LogP contribution in [0.25, 0.3) is 0 Å². The molecule has 26 heavy (non-hydrogen) atoms. The van der Waals surface area contributed by atoms with Gasteiger partial charge in [-0.05, 0) is 41.2 Å². The predicted molar refractivity (Wildman–Crippen MR) is 97.3 cm³/mol. The molecule has 1 fully saturated rings. The number of likely N-dealkylation sites (N-methyl/N-ethyl adjacent to an activating group) is 1. The molecule has 9 heteroatoms. The molecule has 1 atom stereocenters. The van der Waals surface area contributed by atoms with Crippen LogP contribution in [0.1, 0.15) is 47.2 Å². The second-order valence-corrected chi connectivity index (χ2v) is 7.71. The molecule has 0 spiro atoms. The van der Waals surface area contributed by atoms with E-state index in [2.05, 4.69) is 10.4 Å². The highest BCUT2D eigenvalue weighted by Gasteiger charge is 2.54. The van der Waals surface area contributed by atoms with Crippen molar-refractivity contribution in [2.45, 2.75) is 71.7 Å². The highest BCUT2D eigenvalue weighted by molar-refractivity contribution is 6.63. The van der Waals surface area contributed by atoms with Crippen molar-refractivity contribution in [1.29, 1.82) is 0 Å². The second kappa shape index (κ2) is 7.82. The first-order chi connectivity index (χ1) is 12.0. The van der Waals surface area contributed by atoms with Crippen molar-refractivity contribution >= 4 is 12.6 Å². The molecule has 0 aromatic carbocycles. The van der Waals surface area contributed by atoms with Crippen LogP contribution in [-0.2, 0) is 22.8 Å². The summed E-state index contributed by atoms with van der Waals surface area (Å²) in [6.45, 7) is 13.1. The molecule has 1 aliphatic heterocycles. The molecule has 1 aromatic rings. The van der Waals surface area contributed by atoms with Crippen LogP contribution in [0.4, 0.5) is 8.78 Å². The average Bonchev–Trinajstić information content (AvgIpc) is 2.89. The minimum absolute atomic E-state index is 0.161. The van der Waals surface area contributed by atoms with Gasteiger partial charge in [0, 0.05) is 13.6 Å². The molecule has 2 rings (SSSR count). The molecule has 1 aliphatic rings. The monoisotopic (exact) mass is 373 g/mol. The highest BCUT2D eigenvalue weighted by Crippen LogP contribution is 2.37. The summed E-state index contributed by atoms with van der Waals surface area (Å²) in [5, 5.41) is 7.46. The Kier molecular flexibility index (Phi) is 6.35. The van der Waals surface area contributed by atoms with Crippen LogP contribution in [0.5, 0.6) is 5.88 Å². The topological polar surface area (TPSA) is 57.5 Å². The maximum absolute atomic E-state index is 13.1. The van der Waals surface area contributed by atoms with E-state index >= 15 is 0 Å². The van der Waals surface area contributed by atoms with Gasteiger partial charge in [-0.2, -0.15) is 5.10 Å². The molecule has 0 saturated carbocycles. The Balaban J connectivity index is 2.38. The fourth-order valence-electron chi connectivity index (χ4n) is 2.79. The van der Waals surface area contributed by atoms with Crippen LogP contribution in [-0.4, -0.2) is 53.7 Å². The molecule has 1 N–H and O–H groups in total. The maximum atomic E-state index is 13.1. The number of aromatic nitrogens is 2. The van der Waals surface area contributed by atoms with Crippen LogP contribution < -0.4 is 15.5 Å². The van der Waals surface area contributed by atoms with Crippen molar-refractivity contribution in [3.63, 3.8) is 0 Å². The summed E-state index contributed by atoms with van der Waals surface area (Å²) in [6, 6.07) is 0. The lowest BCUT2D eigenvalue weighted by atomic mass is 9.78. The summed E-state index contributed by atoms with van der Waals surface area (Å²) < 4.78 is 45.8. The molecule has 2 heterocycles. The smallest absolute Gasteiger partial charge is 0.474 e. The van der Waals surface area contributed by atoms with E-state index in [1.165, 1.54) is 4.68 Å². The van der Waals surface area contributed by atoms with E-state index < -0.39 is 31.2 Å². The van der Waals surface area contributed by atoms with Crippen molar-refractivity contribution in [3.8, 4) is 5.88 Å². The number of hydrogen-bond donors (Lipinski definition) is 1. The number of alkyl halides is 2. The molecule has 1 aromatic heterocycles. The third kappa shape index (κ3) is 4.38. The van der Waals surface area contributed by atoms with Crippen molar-refractivity contribution in [2.24, 2.45) is 7.05 Å². The molecule has 0 amide bonds. The van der Waals surface area contributed by atoms with Gasteiger partial charge in [0.05, 0.1) is 28.8 Å². The number of aryl methyl sites for hydroxylation is 1. The first-order valence-corrected chi connectivity index (χ1v) is 9.05. The molecular formula is C17H30BF2N3O3. The number of rotatable bonds is 8. The molecule has 1 saturated heterocycles. The largest absolute Gasteiger partial charge is 0.502 e. The molecular weight excluding hydrogens is 343 g/mol. The van der Waals surface area contributed by atoms with Gasteiger partial charge >= 0.3 is 7.12 Å². The predicted octanol–water partition coefficient (Wildman–Crippen LogP) is 1.90. The molecule has 0 aliphatic carbocycles. The standard InChI is InChI=1S/C17H30BF2N3O3/c1-8-21-10-11(2)24-15-14(12(9-13(19)20)22-23(15)7)18-25-16(3,4)17(5,6)26-18/h11,13,21H,8-10H2,1-7H3/t11-/m0/s1. The number of nitrogens with one attached hydrogen (secondary N) is 1. The average molecular weight is 373 g/mol. The zero-order chi connectivity index (χ0) is 19.7. The Morgan fingerprint density at radius 3 is 2.31 bits per heavy atom. The first-order valence-electron chi connectivity index (χ1n) is 9.05.